The summed E-state index contributed by atoms with van der Waals surface area (Å²) in [7, 11) is 0. The van der Waals surface area contributed by atoms with Gasteiger partial charge in [0.15, 0.2) is 5.72 Å². The van der Waals surface area contributed by atoms with Crippen LogP contribution in [-0.4, -0.2) is 30.7 Å². The van der Waals surface area contributed by atoms with Crippen molar-refractivity contribution in [3.8, 4) is 11.1 Å². The number of nitrogens with one attached hydrogen (secondary N) is 1. The second kappa shape index (κ2) is 7.46. The van der Waals surface area contributed by atoms with E-state index in [9.17, 15) is 14.4 Å². The molecule has 0 aliphatic heterocycles. The molecule has 1 N–H and O–H groups in total. The molecule has 2 aromatic rings. The normalized spacial score (nSPS) is 17.4. The van der Waals surface area contributed by atoms with E-state index in [0.717, 1.165) is 22.3 Å². The van der Waals surface area contributed by atoms with Crippen molar-refractivity contribution in [2.75, 3.05) is 6.61 Å². The Balaban J connectivity index is 1.46. The highest BCUT2D eigenvalue weighted by atomic mass is 16.6. The van der Waals surface area contributed by atoms with Crippen LogP contribution in [0.25, 0.3) is 11.1 Å². The van der Waals surface area contributed by atoms with Crippen LogP contribution in [0.1, 0.15) is 42.7 Å². The van der Waals surface area contributed by atoms with E-state index in [2.05, 4.69) is 17.4 Å². The van der Waals surface area contributed by atoms with Crippen molar-refractivity contribution in [2.45, 2.75) is 37.3 Å². The smallest absolute Gasteiger partial charge is 0.410 e. The minimum atomic E-state index is -1.17. The summed E-state index contributed by atoms with van der Waals surface area (Å²) in [5, 5.41) is 2.66. The third-order valence-electron chi connectivity index (χ3n) is 5.56. The van der Waals surface area contributed by atoms with E-state index in [1.807, 2.05) is 36.4 Å². The molecule has 0 spiro atoms. The lowest BCUT2D eigenvalue weighted by Gasteiger charge is -2.35. The van der Waals surface area contributed by atoms with E-state index >= 15 is 0 Å². The summed E-state index contributed by atoms with van der Waals surface area (Å²) in [6.45, 7) is 0.482. The van der Waals surface area contributed by atoms with Gasteiger partial charge in [-0.15, -0.1) is 0 Å². The Morgan fingerprint density at radius 3 is 2.18 bits per heavy atom. The van der Waals surface area contributed by atoms with Gasteiger partial charge in [0.2, 0.25) is 0 Å². The first kappa shape index (κ1) is 18.2. The number of carbonyl (C=O) groups excluding carboxylic acids is 3. The van der Waals surface area contributed by atoms with Crippen molar-refractivity contribution in [3.05, 3.63) is 59.7 Å². The summed E-state index contributed by atoms with van der Waals surface area (Å²) in [6.07, 6.45) is 0.386. The van der Waals surface area contributed by atoms with Crippen LogP contribution in [0, 0.1) is 0 Å². The molecule has 0 saturated heterocycles. The first-order chi connectivity index (χ1) is 13.6. The molecule has 0 atom stereocenters. The molecule has 0 heterocycles. The number of amides is 1. The number of fused-ring (bicyclic) bond motifs is 3. The summed E-state index contributed by atoms with van der Waals surface area (Å²) in [4.78, 5) is 34.8. The lowest BCUT2D eigenvalue weighted by molar-refractivity contribution is -0.153. The van der Waals surface area contributed by atoms with E-state index < -0.39 is 11.8 Å². The molecule has 1 saturated carbocycles. The molecule has 0 radical (unpaired) electrons. The first-order valence-corrected chi connectivity index (χ1v) is 9.38. The van der Waals surface area contributed by atoms with Crippen molar-refractivity contribution >= 4 is 18.3 Å². The number of hydrogen-bond acceptors (Lipinski definition) is 5. The van der Waals surface area contributed by atoms with Gasteiger partial charge in [0, 0.05) is 31.6 Å². The molecular weight excluding hydrogens is 358 g/mol. The van der Waals surface area contributed by atoms with Gasteiger partial charge < -0.3 is 9.47 Å². The van der Waals surface area contributed by atoms with Gasteiger partial charge in [-0.25, -0.2) is 4.79 Å². The molecule has 28 heavy (non-hydrogen) atoms. The van der Waals surface area contributed by atoms with E-state index in [-0.39, 0.29) is 44.0 Å². The first-order valence-electron chi connectivity index (χ1n) is 9.38. The topological polar surface area (TPSA) is 81.7 Å². The van der Waals surface area contributed by atoms with Gasteiger partial charge in [0.05, 0.1) is 0 Å². The minimum absolute atomic E-state index is 0.0472. The Morgan fingerprint density at radius 2 is 1.61 bits per heavy atom. The molecule has 1 fully saturated rings. The fourth-order valence-electron chi connectivity index (χ4n) is 4.12. The fourth-order valence-corrected chi connectivity index (χ4v) is 4.12. The van der Waals surface area contributed by atoms with Crippen molar-refractivity contribution in [3.63, 3.8) is 0 Å². The van der Waals surface area contributed by atoms with Crippen LogP contribution in [0.2, 0.25) is 0 Å². The van der Waals surface area contributed by atoms with E-state index in [1.165, 1.54) is 0 Å². The number of alkyl carbamates (subject to hydrolysis) is 1. The number of Topliss-reactive ketones (excluding diaryl/α,β-unsaturated/α-hetero) is 1. The lowest BCUT2D eigenvalue weighted by atomic mass is 9.90. The van der Waals surface area contributed by atoms with Gasteiger partial charge >= 0.3 is 6.09 Å². The number of hydrogen-bond donors (Lipinski definition) is 1. The molecule has 0 aromatic heterocycles. The van der Waals surface area contributed by atoms with Crippen LogP contribution in [-0.2, 0) is 19.1 Å². The molecule has 0 bridgehead atoms. The molecule has 2 aliphatic rings. The SMILES string of the molecule is O=COC1(NC(=O)OCC2c3ccccc3-c3ccccc32)CCC(=O)CC1. The molecule has 2 aliphatic carbocycles. The average Bonchev–Trinajstić information content (AvgIpc) is 3.03. The Hall–Kier alpha value is -3.15. The number of rotatable bonds is 5. The summed E-state index contributed by atoms with van der Waals surface area (Å²) < 4.78 is 10.6. The standard InChI is InChI=1S/C22H21NO5/c24-14-28-22(11-9-15(25)10-12-22)23-21(26)27-13-20-18-7-3-1-5-16(18)17-6-2-4-8-19(17)20/h1-8,14,20H,9-13H2,(H,23,26). The van der Waals surface area contributed by atoms with E-state index in [0.29, 0.717) is 6.47 Å². The van der Waals surface area contributed by atoms with Crippen molar-refractivity contribution in [1.82, 2.24) is 5.32 Å². The number of ketones is 1. The highest BCUT2D eigenvalue weighted by molar-refractivity contribution is 5.80. The quantitative estimate of drug-likeness (QED) is 0.635. The third-order valence-corrected chi connectivity index (χ3v) is 5.56. The molecule has 2 aromatic carbocycles. The molecular formula is C22H21NO5. The molecule has 6 nitrogen and oxygen atoms in total. The number of benzene rings is 2. The van der Waals surface area contributed by atoms with Gasteiger partial charge in [-0.05, 0) is 22.3 Å². The average molecular weight is 379 g/mol. The Labute approximate surface area is 162 Å². The lowest BCUT2D eigenvalue weighted by Crippen LogP contribution is -2.53. The summed E-state index contributed by atoms with van der Waals surface area (Å²) in [6, 6.07) is 16.2. The fraction of sp³-hybridized carbons (Fsp3) is 0.318. The second-order valence-electron chi connectivity index (χ2n) is 7.20. The number of ether oxygens (including phenoxy) is 2. The molecule has 144 valence electrons. The monoisotopic (exact) mass is 379 g/mol. The summed E-state index contributed by atoms with van der Waals surface area (Å²) >= 11 is 0. The highest BCUT2D eigenvalue weighted by Crippen LogP contribution is 2.44. The van der Waals surface area contributed by atoms with E-state index in [1.54, 1.807) is 0 Å². The van der Waals surface area contributed by atoms with Crippen LogP contribution in [0.15, 0.2) is 48.5 Å². The van der Waals surface area contributed by atoms with Gasteiger partial charge in [0.1, 0.15) is 12.4 Å². The van der Waals surface area contributed by atoms with Crippen molar-refractivity contribution in [1.29, 1.82) is 0 Å². The molecule has 1 amide bonds. The zero-order valence-electron chi connectivity index (χ0n) is 15.4. The Kier molecular flexibility index (Phi) is 4.86. The predicted octanol–water partition coefficient (Wildman–Crippen LogP) is 3.54. The largest absolute Gasteiger partial charge is 0.448 e. The minimum Gasteiger partial charge on any atom is -0.448 e. The van der Waals surface area contributed by atoms with Gasteiger partial charge in [-0.1, -0.05) is 48.5 Å². The van der Waals surface area contributed by atoms with Crippen molar-refractivity contribution < 1.29 is 23.9 Å². The molecule has 4 rings (SSSR count). The zero-order chi connectivity index (χ0) is 19.6. The van der Waals surface area contributed by atoms with Gasteiger partial charge in [0.25, 0.3) is 6.47 Å². The maximum absolute atomic E-state index is 12.4. The molecule has 0 unspecified atom stereocenters. The second-order valence-corrected chi connectivity index (χ2v) is 7.20. The zero-order valence-corrected chi connectivity index (χ0v) is 15.4. The van der Waals surface area contributed by atoms with Crippen LogP contribution in [0.4, 0.5) is 4.79 Å². The maximum Gasteiger partial charge on any atom is 0.410 e. The maximum atomic E-state index is 12.4. The molecule has 6 heteroatoms. The van der Waals surface area contributed by atoms with Crippen molar-refractivity contribution in [2.24, 2.45) is 0 Å². The van der Waals surface area contributed by atoms with Crippen LogP contribution >= 0.6 is 0 Å². The summed E-state index contributed by atoms with van der Waals surface area (Å²) in [5.74, 6) is 0.0495. The van der Waals surface area contributed by atoms with Gasteiger partial charge in [-0.3, -0.25) is 14.9 Å². The third kappa shape index (κ3) is 3.38. The predicted molar refractivity (Wildman–Crippen MR) is 102 cm³/mol. The van der Waals surface area contributed by atoms with Gasteiger partial charge in [-0.2, -0.15) is 0 Å². The summed E-state index contributed by atoms with van der Waals surface area (Å²) in [5.41, 5.74) is 3.38. The Morgan fingerprint density at radius 1 is 1.04 bits per heavy atom. The van der Waals surface area contributed by atoms with Crippen LogP contribution in [0.3, 0.4) is 0 Å². The highest BCUT2D eigenvalue weighted by Gasteiger charge is 2.39. The number of carbonyl (C=O) groups is 3. The Bertz CT molecular complexity index is 867. The van der Waals surface area contributed by atoms with Crippen LogP contribution in [0.5, 0.6) is 0 Å². The van der Waals surface area contributed by atoms with E-state index in [4.69, 9.17) is 9.47 Å². The van der Waals surface area contributed by atoms with Crippen LogP contribution < -0.4 is 5.32 Å².